The number of methoxy groups -OCH3 is 1. The fourth-order valence-electron chi connectivity index (χ4n) is 4.52. The monoisotopic (exact) mass is 362 g/mol. The number of nitrogen functional groups attached to an aromatic ring is 1. The molecule has 0 amide bonds. The average Bonchev–Trinajstić information content (AvgIpc) is 3.31. The molecule has 3 heterocycles. The summed E-state index contributed by atoms with van der Waals surface area (Å²) in [5.74, 6) is 1.97. The molecule has 2 fully saturated rings. The molecule has 0 spiro atoms. The molecule has 0 saturated carbocycles. The number of hydrogen-bond donors (Lipinski definition) is 1. The second-order valence-electron chi connectivity index (χ2n) is 7.05. The maximum absolute atomic E-state index is 6.16. The lowest BCUT2D eigenvalue weighted by molar-refractivity contribution is 0.158. The smallest absolute Gasteiger partial charge is 0.261 e. The maximum atomic E-state index is 6.16. The van der Waals surface area contributed by atoms with Crippen LogP contribution in [0.2, 0.25) is 5.02 Å². The van der Waals surface area contributed by atoms with E-state index in [1.807, 2.05) is 0 Å². The molecule has 25 heavy (non-hydrogen) atoms. The lowest BCUT2D eigenvalue weighted by atomic mass is 9.81. The van der Waals surface area contributed by atoms with Crippen LogP contribution in [0.15, 0.2) is 16.7 Å². The summed E-state index contributed by atoms with van der Waals surface area (Å²) in [6, 6.07) is 3.40. The van der Waals surface area contributed by atoms with E-state index in [4.69, 9.17) is 26.6 Å². The zero-order valence-electron chi connectivity index (χ0n) is 14.6. The van der Waals surface area contributed by atoms with E-state index >= 15 is 0 Å². The molecule has 4 rings (SSSR count). The standard InChI is InChI=1S/C18H23ClN4O2/c1-11(18-5-3-7-23(18)8-4-6-18)16-21-17(25-22-16)12-9-13(19)14(20)10-15(12)24-2/h9-11H,3-8,20H2,1-2H3. The van der Waals surface area contributed by atoms with Crippen molar-refractivity contribution < 1.29 is 9.26 Å². The van der Waals surface area contributed by atoms with Gasteiger partial charge in [-0.1, -0.05) is 23.7 Å². The van der Waals surface area contributed by atoms with Crippen molar-refractivity contribution in [3.63, 3.8) is 0 Å². The van der Waals surface area contributed by atoms with Crippen LogP contribution in [-0.2, 0) is 0 Å². The Morgan fingerprint density at radius 1 is 1.32 bits per heavy atom. The minimum absolute atomic E-state index is 0.185. The minimum atomic E-state index is 0.185. The van der Waals surface area contributed by atoms with Gasteiger partial charge in [0.1, 0.15) is 5.75 Å². The summed E-state index contributed by atoms with van der Waals surface area (Å²) in [5, 5.41) is 4.72. The van der Waals surface area contributed by atoms with E-state index in [-0.39, 0.29) is 11.5 Å². The van der Waals surface area contributed by atoms with E-state index in [1.165, 1.54) is 38.8 Å². The molecular weight excluding hydrogens is 340 g/mol. The number of fused-ring (bicyclic) bond motifs is 1. The van der Waals surface area contributed by atoms with Crippen LogP contribution in [0, 0.1) is 0 Å². The summed E-state index contributed by atoms with van der Waals surface area (Å²) < 4.78 is 11.0. The molecule has 2 saturated heterocycles. The Morgan fingerprint density at radius 3 is 2.72 bits per heavy atom. The summed E-state index contributed by atoms with van der Waals surface area (Å²) >= 11 is 6.16. The predicted octanol–water partition coefficient (Wildman–Crippen LogP) is 3.71. The predicted molar refractivity (Wildman–Crippen MR) is 96.9 cm³/mol. The largest absolute Gasteiger partial charge is 0.496 e. The van der Waals surface area contributed by atoms with Crippen LogP contribution >= 0.6 is 11.6 Å². The van der Waals surface area contributed by atoms with Crippen LogP contribution < -0.4 is 10.5 Å². The van der Waals surface area contributed by atoms with E-state index in [9.17, 15) is 0 Å². The van der Waals surface area contributed by atoms with E-state index in [0.29, 0.717) is 27.9 Å². The van der Waals surface area contributed by atoms with Gasteiger partial charge >= 0.3 is 0 Å². The minimum Gasteiger partial charge on any atom is -0.496 e. The van der Waals surface area contributed by atoms with Crippen LogP contribution in [0.4, 0.5) is 5.69 Å². The van der Waals surface area contributed by atoms with Crippen molar-refractivity contribution in [3.05, 3.63) is 23.0 Å². The highest BCUT2D eigenvalue weighted by Gasteiger charge is 2.49. The molecule has 2 aliphatic heterocycles. The van der Waals surface area contributed by atoms with Gasteiger partial charge in [0.15, 0.2) is 5.82 Å². The van der Waals surface area contributed by atoms with Crippen LogP contribution in [-0.4, -0.2) is 40.8 Å². The summed E-state index contributed by atoms with van der Waals surface area (Å²) in [4.78, 5) is 7.28. The molecule has 2 aromatic rings. The summed E-state index contributed by atoms with van der Waals surface area (Å²) in [6.07, 6.45) is 4.90. The van der Waals surface area contributed by atoms with Gasteiger partial charge in [-0.15, -0.1) is 0 Å². The molecule has 7 heteroatoms. The molecule has 1 unspecified atom stereocenters. The van der Waals surface area contributed by atoms with Crippen molar-refractivity contribution in [1.29, 1.82) is 0 Å². The highest BCUT2D eigenvalue weighted by Crippen LogP contribution is 2.47. The van der Waals surface area contributed by atoms with E-state index in [1.54, 1.807) is 19.2 Å². The molecule has 6 nitrogen and oxygen atoms in total. The molecule has 2 aliphatic rings. The Bertz CT molecular complexity index is 781. The van der Waals surface area contributed by atoms with Gasteiger partial charge < -0.3 is 15.0 Å². The summed E-state index contributed by atoms with van der Waals surface area (Å²) in [7, 11) is 1.58. The van der Waals surface area contributed by atoms with Gasteiger partial charge in [0.25, 0.3) is 5.89 Å². The van der Waals surface area contributed by atoms with Gasteiger partial charge in [0.05, 0.1) is 23.4 Å². The fourth-order valence-corrected chi connectivity index (χ4v) is 4.69. The summed E-state index contributed by atoms with van der Waals surface area (Å²) in [5.41, 5.74) is 7.16. The third-order valence-corrected chi connectivity index (χ3v) is 6.22. The van der Waals surface area contributed by atoms with Crippen molar-refractivity contribution >= 4 is 17.3 Å². The molecule has 0 aliphatic carbocycles. The number of nitrogens with zero attached hydrogens (tertiary/aromatic N) is 3. The first-order valence-corrected chi connectivity index (χ1v) is 9.15. The third-order valence-electron chi connectivity index (χ3n) is 5.89. The molecular formula is C18H23ClN4O2. The van der Waals surface area contributed by atoms with Crippen LogP contribution in [0.5, 0.6) is 5.75 Å². The van der Waals surface area contributed by atoms with E-state index in [0.717, 1.165) is 5.82 Å². The van der Waals surface area contributed by atoms with Gasteiger partial charge in [0, 0.05) is 17.5 Å². The highest BCUT2D eigenvalue weighted by molar-refractivity contribution is 6.33. The second-order valence-corrected chi connectivity index (χ2v) is 7.46. The first-order chi connectivity index (χ1) is 12.0. The van der Waals surface area contributed by atoms with Crippen molar-refractivity contribution in [2.75, 3.05) is 25.9 Å². The molecule has 0 radical (unpaired) electrons. The van der Waals surface area contributed by atoms with Gasteiger partial charge in [-0.3, -0.25) is 4.90 Å². The Hall–Kier alpha value is -1.79. The lowest BCUT2D eigenvalue weighted by Crippen LogP contribution is -2.43. The Morgan fingerprint density at radius 2 is 2.04 bits per heavy atom. The van der Waals surface area contributed by atoms with Crippen molar-refractivity contribution in [2.45, 2.75) is 44.1 Å². The van der Waals surface area contributed by atoms with Gasteiger partial charge in [-0.2, -0.15) is 4.98 Å². The SMILES string of the molecule is COc1cc(N)c(Cl)cc1-c1nc(C(C)C23CCCN2CCC3)no1. The normalized spacial score (nSPS) is 20.6. The molecule has 1 atom stereocenters. The number of rotatable bonds is 4. The van der Waals surface area contributed by atoms with E-state index in [2.05, 4.69) is 22.0 Å². The number of benzene rings is 1. The van der Waals surface area contributed by atoms with Crippen LogP contribution in [0.25, 0.3) is 11.5 Å². The summed E-state index contributed by atoms with van der Waals surface area (Å²) in [6.45, 7) is 4.57. The van der Waals surface area contributed by atoms with Crippen molar-refractivity contribution in [3.8, 4) is 17.2 Å². The maximum Gasteiger partial charge on any atom is 0.261 e. The lowest BCUT2D eigenvalue weighted by Gasteiger charge is -2.36. The molecule has 0 bridgehead atoms. The van der Waals surface area contributed by atoms with Crippen molar-refractivity contribution in [1.82, 2.24) is 15.0 Å². The number of ether oxygens (including phenoxy) is 1. The molecule has 1 aromatic carbocycles. The number of hydrogen-bond acceptors (Lipinski definition) is 6. The average molecular weight is 363 g/mol. The molecule has 1 aromatic heterocycles. The van der Waals surface area contributed by atoms with Gasteiger partial charge in [0.2, 0.25) is 0 Å². The Balaban J connectivity index is 1.68. The number of nitrogens with two attached hydrogens (primary N) is 1. The first kappa shape index (κ1) is 16.7. The van der Waals surface area contributed by atoms with Gasteiger partial charge in [-0.05, 0) is 44.8 Å². The zero-order chi connectivity index (χ0) is 17.6. The highest BCUT2D eigenvalue weighted by atomic mass is 35.5. The number of aromatic nitrogens is 2. The Labute approximate surface area is 152 Å². The first-order valence-electron chi connectivity index (χ1n) is 8.77. The van der Waals surface area contributed by atoms with Crippen molar-refractivity contribution in [2.24, 2.45) is 0 Å². The van der Waals surface area contributed by atoms with Crippen LogP contribution in [0.1, 0.15) is 44.3 Å². The Kier molecular flexibility index (Phi) is 4.12. The van der Waals surface area contributed by atoms with Crippen LogP contribution in [0.3, 0.4) is 0 Å². The quantitative estimate of drug-likeness (QED) is 0.835. The molecule has 2 N–H and O–H groups in total. The second kappa shape index (κ2) is 6.18. The zero-order valence-corrected chi connectivity index (χ0v) is 15.3. The topological polar surface area (TPSA) is 77.4 Å². The fraction of sp³-hybridized carbons (Fsp3) is 0.556. The van der Waals surface area contributed by atoms with Gasteiger partial charge in [-0.25, -0.2) is 0 Å². The van der Waals surface area contributed by atoms with E-state index < -0.39 is 0 Å². The third kappa shape index (κ3) is 2.59. The number of anilines is 1. The molecule has 134 valence electrons. The number of halogens is 1.